The lowest BCUT2D eigenvalue weighted by atomic mass is 9.60. The molecule has 2 aliphatic rings. The summed E-state index contributed by atoms with van der Waals surface area (Å²) in [5.41, 5.74) is 6.40. The Morgan fingerprint density at radius 1 is 1.36 bits per heavy atom. The quantitative estimate of drug-likeness (QED) is 0.866. The standard InChI is InChI=1S/C16H26N4O2/c1-15(2,3)22-14(21)19-6-4-16(5-7-19)8-13(9-16)20-11-12(17)10-18-20/h10-11,13H,4-9,17H2,1-3H3. The van der Waals surface area contributed by atoms with Crippen molar-refractivity contribution in [2.24, 2.45) is 5.41 Å². The van der Waals surface area contributed by atoms with E-state index in [4.69, 9.17) is 10.5 Å². The SMILES string of the molecule is CC(C)(C)OC(=O)N1CCC2(CC1)CC(n1cc(N)cn1)C2. The first kappa shape index (κ1) is 15.2. The molecule has 1 saturated carbocycles. The molecule has 1 amide bonds. The molecule has 2 fully saturated rings. The lowest BCUT2D eigenvalue weighted by molar-refractivity contribution is -0.0258. The fraction of sp³-hybridized carbons (Fsp3) is 0.750. The van der Waals surface area contributed by atoms with Crippen molar-refractivity contribution in [1.29, 1.82) is 0 Å². The molecule has 22 heavy (non-hydrogen) atoms. The molecule has 0 aromatic carbocycles. The predicted octanol–water partition coefficient (Wildman–Crippen LogP) is 2.82. The van der Waals surface area contributed by atoms with Gasteiger partial charge in [-0.3, -0.25) is 4.68 Å². The number of ether oxygens (including phenoxy) is 1. The molecule has 0 unspecified atom stereocenters. The topological polar surface area (TPSA) is 73.4 Å². The fourth-order valence-electron chi connectivity index (χ4n) is 3.58. The van der Waals surface area contributed by atoms with E-state index in [1.165, 1.54) is 0 Å². The number of carbonyl (C=O) groups is 1. The van der Waals surface area contributed by atoms with Crippen LogP contribution in [-0.4, -0.2) is 39.5 Å². The Morgan fingerprint density at radius 2 is 2.00 bits per heavy atom. The van der Waals surface area contributed by atoms with E-state index in [0.29, 0.717) is 11.5 Å². The van der Waals surface area contributed by atoms with Gasteiger partial charge in [-0.15, -0.1) is 0 Å². The molecule has 1 aliphatic heterocycles. The van der Waals surface area contributed by atoms with Gasteiger partial charge in [0.15, 0.2) is 0 Å². The molecule has 0 bridgehead atoms. The van der Waals surface area contributed by atoms with Crippen molar-refractivity contribution >= 4 is 11.8 Å². The first-order valence-electron chi connectivity index (χ1n) is 8.04. The lowest BCUT2D eigenvalue weighted by Gasteiger charge is -2.52. The van der Waals surface area contributed by atoms with Crippen LogP contribution in [0.2, 0.25) is 0 Å². The Kier molecular flexibility index (Phi) is 3.57. The first-order valence-corrected chi connectivity index (χ1v) is 8.04. The van der Waals surface area contributed by atoms with Crippen molar-refractivity contribution in [3.63, 3.8) is 0 Å². The molecule has 1 aromatic rings. The number of aromatic nitrogens is 2. The third-order valence-electron chi connectivity index (χ3n) is 4.81. The van der Waals surface area contributed by atoms with E-state index in [1.807, 2.05) is 36.5 Å². The van der Waals surface area contributed by atoms with Crippen molar-refractivity contribution in [3.05, 3.63) is 12.4 Å². The maximum Gasteiger partial charge on any atom is 0.410 e. The summed E-state index contributed by atoms with van der Waals surface area (Å²) >= 11 is 0. The van der Waals surface area contributed by atoms with Crippen LogP contribution < -0.4 is 5.73 Å². The summed E-state index contributed by atoms with van der Waals surface area (Å²) in [6.07, 6.45) is 7.81. The summed E-state index contributed by atoms with van der Waals surface area (Å²) in [4.78, 5) is 13.9. The zero-order valence-corrected chi connectivity index (χ0v) is 13.7. The molecular weight excluding hydrogens is 280 g/mol. The summed E-state index contributed by atoms with van der Waals surface area (Å²) in [6, 6.07) is 0.463. The van der Waals surface area contributed by atoms with Crippen LogP contribution in [0.4, 0.5) is 10.5 Å². The highest BCUT2D eigenvalue weighted by Crippen LogP contribution is 2.54. The average molecular weight is 306 g/mol. The van der Waals surface area contributed by atoms with Gasteiger partial charge in [0.25, 0.3) is 0 Å². The van der Waals surface area contributed by atoms with Crippen molar-refractivity contribution in [3.8, 4) is 0 Å². The Labute approximate surface area is 131 Å². The molecule has 2 N–H and O–H groups in total. The van der Waals surface area contributed by atoms with E-state index >= 15 is 0 Å². The van der Waals surface area contributed by atoms with Gasteiger partial charge in [-0.1, -0.05) is 0 Å². The molecule has 6 heteroatoms. The molecule has 1 saturated heterocycles. The maximum absolute atomic E-state index is 12.1. The second-order valence-corrected chi connectivity index (χ2v) is 7.78. The largest absolute Gasteiger partial charge is 0.444 e. The minimum absolute atomic E-state index is 0.182. The Bertz CT molecular complexity index is 545. The van der Waals surface area contributed by atoms with Crippen LogP contribution in [0.5, 0.6) is 0 Å². The van der Waals surface area contributed by atoms with E-state index in [2.05, 4.69) is 5.10 Å². The van der Waals surface area contributed by atoms with Crippen molar-refractivity contribution in [1.82, 2.24) is 14.7 Å². The number of amides is 1. The Morgan fingerprint density at radius 3 is 2.50 bits per heavy atom. The zero-order chi connectivity index (χ0) is 16.0. The van der Waals surface area contributed by atoms with E-state index in [0.717, 1.165) is 44.5 Å². The minimum atomic E-state index is -0.423. The number of anilines is 1. The molecule has 122 valence electrons. The number of nitrogens with two attached hydrogens (primary N) is 1. The molecule has 1 aliphatic carbocycles. The normalized spacial score (nSPS) is 21.7. The van der Waals surface area contributed by atoms with E-state index in [-0.39, 0.29) is 6.09 Å². The van der Waals surface area contributed by atoms with Gasteiger partial charge in [0.2, 0.25) is 0 Å². The van der Waals surface area contributed by atoms with Gasteiger partial charge in [-0.05, 0) is 51.9 Å². The van der Waals surface area contributed by atoms with Crippen molar-refractivity contribution < 1.29 is 9.53 Å². The number of likely N-dealkylation sites (tertiary alicyclic amines) is 1. The fourth-order valence-corrected chi connectivity index (χ4v) is 3.58. The smallest absolute Gasteiger partial charge is 0.410 e. The number of hydrogen-bond acceptors (Lipinski definition) is 4. The third-order valence-corrected chi connectivity index (χ3v) is 4.81. The summed E-state index contributed by atoms with van der Waals surface area (Å²) in [5.74, 6) is 0. The Balaban J connectivity index is 1.50. The molecule has 1 aromatic heterocycles. The number of carbonyl (C=O) groups excluding carboxylic acids is 1. The van der Waals surface area contributed by atoms with Gasteiger partial charge >= 0.3 is 6.09 Å². The Hall–Kier alpha value is -1.72. The minimum Gasteiger partial charge on any atom is -0.444 e. The zero-order valence-electron chi connectivity index (χ0n) is 13.7. The molecule has 1 spiro atoms. The molecule has 3 rings (SSSR count). The van der Waals surface area contributed by atoms with Crippen molar-refractivity contribution in [2.75, 3.05) is 18.8 Å². The number of rotatable bonds is 1. The molecule has 0 radical (unpaired) electrons. The van der Waals surface area contributed by atoms with Gasteiger partial charge in [-0.25, -0.2) is 4.79 Å². The lowest BCUT2D eigenvalue weighted by Crippen LogP contribution is -2.50. The van der Waals surface area contributed by atoms with Crippen LogP contribution in [-0.2, 0) is 4.74 Å². The van der Waals surface area contributed by atoms with Crippen LogP contribution in [0.3, 0.4) is 0 Å². The highest BCUT2D eigenvalue weighted by molar-refractivity contribution is 5.68. The second-order valence-electron chi connectivity index (χ2n) is 7.78. The van der Waals surface area contributed by atoms with E-state index < -0.39 is 5.60 Å². The van der Waals surface area contributed by atoms with Crippen LogP contribution in [0.25, 0.3) is 0 Å². The van der Waals surface area contributed by atoms with Gasteiger partial charge in [-0.2, -0.15) is 5.10 Å². The van der Waals surface area contributed by atoms with Crippen molar-refractivity contribution in [2.45, 2.75) is 58.1 Å². The number of nitrogen functional groups attached to an aromatic ring is 1. The van der Waals surface area contributed by atoms with Crippen LogP contribution in [0, 0.1) is 5.41 Å². The second kappa shape index (κ2) is 5.18. The molecular formula is C16H26N4O2. The average Bonchev–Trinajstić information content (AvgIpc) is 2.80. The summed E-state index contributed by atoms with van der Waals surface area (Å²) < 4.78 is 7.44. The number of nitrogens with zero attached hydrogens (tertiary/aromatic N) is 3. The third kappa shape index (κ3) is 3.05. The summed E-state index contributed by atoms with van der Waals surface area (Å²) in [6.45, 7) is 7.31. The van der Waals surface area contributed by atoms with Crippen LogP contribution >= 0.6 is 0 Å². The van der Waals surface area contributed by atoms with E-state index in [1.54, 1.807) is 6.20 Å². The number of piperidine rings is 1. The molecule has 6 nitrogen and oxygen atoms in total. The maximum atomic E-state index is 12.1. The molecule has 0 atom stereocenters. The van der Waals surface area contributed by atoms with Crippen LogP contribution in [0.1, 0.15) is 52.5 Å². The monoisotopic (exact) mass is 306 g/mol. The van der Waals surface area contributed by atoms with Gasteiger partial charge in [0.05, 0.1) is 17.9 Å². The number of hydrogen-bond donors (Lipinski definition) is 1. The van der Waals surface area contributed by atoms with Gasteiger partial charge < -0.3 is 15.4 Å². The van der Waals surface area contributed by atoms with Gasteiger partial charge in [0, 0.05) is 19.3 Å². The van der Waals surface area contributed by atoms with Gasteiger partial charge in [0.1, 0.15) is 5.60 Å². The molecule has 2 heterocycles. The summed E-state index contributed by atoms with van der Waals surface area (Å²) in [5, 5.41) is 4.31. The predicted molar refractivity (Wildman–Crippen MR) is 84.4 cm³/mol. The van der Waals surface area contributed by atoms with E-state index in [9.17, 15) is 4.79 Å². The summed E-state index contributed by atoms with van der Waals surface area (Å²) in [7, 11) is 0. The first-order chi connectivity index (χ1) is 10.3. The highest BCUT2D eigenvalue weighted by atomic mass is 16.6. The van der Waals surface area contributed by atoms with Crippen LogP contribution in [0.15, 0.2) is 12.4 Å². The highest BCUT2D eigenvalue weighted by Gasteiger charge is 2.47.